The van der Waals surface area contributed by atoms with Crippen LogP contribution in [0.5, 0.6) is 0 Å². The molecule has 0 heterocycles. The van der Waals surface area contributed by atoms with E-state index in [1.54, 1.807) is 6.92 Å². The average Bonchev–Trinajstić information content (AvgIpc) is 2.96. The second kappa shape index (κ2) is 7.28. The summed E-state index contributed by atoms with van der Waals surface area (Å²) in [5.74, 6) is 0.486. The highest BCUT2D eigenvalue weighted by molar-refractivity contribution is 14.0. The number of hydrogen-bond donors (Lipinski definition) is 3. The summed E-state index contributed by atoms with van der Waals surface area (Å²) in [6.07, 6.45) is 2.28. The van der Waals surface area contributed by atoms with E-state index in [4.69, 9.17) is 5.73 Å². The molecule has 0 saturated heterocycles. The fraction of sp³-hybridized carbons (Fsp3) is 0.875. The van der Waals surface area contributed by atoms with Crippen LogP contribution >= 0.6 is 24.0 Å². The van der Waals surface area contributed by atoms with Crippen LogP contribution in [0.1, 0.15) is 19.8 Å². The van der Waals surface area contributed by atoms with E-state index in [0.29, 0.717) is 25.1 Å². The first-order valence-corrected chi connectivity index (χ1v) is 6.72. The maximum atomic E-state index is 11.0. The number of hydrogen-bond acceptors (Lipinski definition) is 3. The summed E-state index contributed by atoms with van der Waals surface area (Å²) in [5.41, 5.74) is 5.56. The molecule has 0 unspecified atom stereocenters. The van der Waals surface area contributed by atoms with Gasteiger partial charge in [0.05, 0.1) is 12.3 Å². The molecule has 96 valence electrons. The van der Waals surface area contributed by atoms with Gasteiger partial charge in [0.1, 0.15) is 0 Å². The fourth-order valence-electron chi connectivity index (χ4n) is 0.962. The minimum atomic E-state index is -3.11. The van der Waals surface area contributed by atoms with Gasteiger partial charge in [-0.15, -0.1) is 24.0 Å². The Kier molecular flexibility index (Phi) is 7.24. The van der Waals surface area contributed by atoms with Gasteiger partial charge in [-0.25, -0.2) is 13.1 Å². The highest BCUT2D eigenvalue weighted by Crippen LogP contribution is 2.17. The van der Waals surface area contributed by atoms with Crippen LogP contribution in [0.15, 0.2) is 4.99 Å². The standard InChI is InChI=1S/C8H18N4O2S.HI/c1-2-15(13,14)11-6-5-10-8(9)12-7-3-4-7;/h7,11H,2-6H2,1H3,(H3,9,10,12);1H. The summed E-state index contributed by atoms with van der Waals surface area (Å²) in [4.78, 5) is 4.00. The van der Waals surface area contributed by atoms with Crippen molar-refractivity contribution in [2.24, 2.45) is 10.7 Å². The Morgan fingerprint density at radius 2 is 2.12 bits per heavy atom. The van der Waals surface area contributed by atoms with Gasteiger partial charge < -0.3 is 11.1 Å². The van der Waals surface area contributed by atoms with Crippen LogP contribution in [-0.4, -0.2) is 39.3 Å². The molecule has 0 amide bonds. The topological polar surface area (TPSA) is 96.6 Å². The second-order valence-electron chi connectivity index (χ2n) is 3.48. The Bertz CT molecular complexity index is 327. The maximum Gasteiger partial charge on any atom is 0.211 e. The van der Waals surface area contributed by atoms with Gasteiger partial charge in [0.25, 0.3) is 0 Å². The lowest BCUT2D eigenvalue weighted by molar-refractivity contribution is 0.583. The van der Waals surface area contributed by atoms with E-state index in [9.17, 15) is 8.42 Å². The first kappa shape index (κ1) is 15.9. The third-order valence-electron chi connectivity index (χ3n) is 2.03. The van der Waals surface area contributed by atoms with Crippen molar-refractivity contribution in [2.75, 3.05) is 18.8 Å². The molecule has 1 rings (SSSR count). The largest absolute Gasteiger partial charge is 0.370 e. The Labute approximate surface area is 114 Å². The third kappa shape index (κ3) is 7.23. The summed E-state index contributed by atoms with van der Waals surface area (Å²) >= 11 is 0. The number of nitrogens with zero attached hydrogens (tertiary/aromatic N) is 1. The lowest BCUT2D eigenvalue weighted by atomic mass is 10.6. The number of guanidine groups is 1. The zero-order valence-electron chi connectivity index (χ0n) is 9.27. The molecule has 0 aromatic carbocycles. The lowest BCUT2D eigenvalue weighted by Crippen LogP contribution is -2.34. The van der Waals surface area contributed by atoms with Crippen LogP contribution in [0, 0.1) is 0 Å². The number of halogens is 1. The van der Waals surface area contributed by atoms with Crippen LogP contribution in [-0.2, 0) is 10.0 Å². The fourth-order valence-corrected chi connectivity index (χ4v) is 1.57. The SMILES string of the molecule is CCS(=O)(=O)NCCN=C(N)NC1CC1.I. The van der Waals surface area contributed by atoms with Crippen LogP contribution < -0.4 is 15.8 Å². The van der Waals surface area contributed by atoms with E-state index in [-0.39, 0.29) is 29.7 Å². The third-order valence-corrected chi connectivity index (χ3v) is 3.43. The summed E-state index contributed by atoms with van der Waals surface area (Å²) in [6, 6.07) is 0.473. The van der Waals surface area contributed by atoms with Crippen LogP contribution in [0.25, 0.3) is 0 Å². The number of rotatable bonds is 6. The van der Waals surface area contributed by atoms with Gasteiger partial charge in [-0.1, -0.05) is 0 Å². The molecule has 0 atom stereocenters. The van der Waals surface area contributed by atoms with E-state index in [2.05, 4.69) is 15.0 Å². The Balaban J connectivity index is 0.00000225. The summed E-state index contributed by atoms with van der Waals surface area (Å²) in [6.45, 7) is 2.25. The second-order valence-corrected chi connectivity index (χ2v) is 5.58. The lowest BCUT2D eigenvalue weighted by Gasteiger charge is -2.04. The molecule has 1 aliphatic carbocycles. The molecule has 16 heavy (non-hydrogen) atoms. The van der Waals surface area contributed by atoms with E-state index >= 15 is 0 Å². The van der Waals surface area contributed by atoms with Crippen molar-refractivity contribution >= 4 is 40.0 Å². The van der Waals surface area contributed by atoms with Gasteiger partial charge in [-0.3, -0.25) is 4.99 Å². The van der Waals surface area contributed by atoms with Crippen molar-refractivity contribution < 1.29 is 8.42 Å². The minimum absolute atomic E-state index is 0. The average molecular weight is 362 g/mol. The van der Waals surface area contributed by atoms with Crippen LogP contribution in [0.3, 0.4) is 0 Å². The van der Waals surface area contributed by atoms with Crippen molar-refractivity contribution in [3.8, 4) is 0 Å². The smallest absolute Gasteiger partial charge is 0.211 e. The number of nitrogens with one attached hydrogen (secondary N) is 2. The predicted octanol–water partition coefficient (Wildman–Crippen LogP) is -0.390. The van der Waals surface area contributed by atoms with Gasteiger partial charge in [0, 0.05) is 12.6 Å². The van der Waals surface area contributed by atoms with Gasteiger partial charge in [0.2, 0.25) is 10.0 Å². The Morgan fingerprint density at radius 1 is 1.50 bits per heavy atom. The predicted molar refractivity (Wildman–Crippen MR) is 75.5 cm³/mol. The maximum absolute atomic E-state index is 11.0. The van der Waals surface area contributed by atoms with E-state index in [1.165, 1.54) is 0 Å². The molecule has 0 radical (unpaired) electrons. The van der Waals surface area contributed by atoms with Gasteiger partial charge in [-0.05, 0) is 19.8 Å². The van der Waals surface area contributed by atoms with Gasteiger partial charge >= 0.3 is 0 Å². The number of nitrogens with two attached hydrogens (primary N) is 1. The Hall–Kier alpha value is -0.0900. The van der Waals surface area contributed by atoms with Crippen LogP contribution in [0.4, 0.5) is 0 Å². The first-order chi connectivity index (χ1) is 7.03. The van der Waals surface area contributed by atoms with Crippen molar-refractivity contribution in [2.45, 2.75) is 25.8 Å². The van der Waals surface area contributed by atoms with Crippen molar-refractivity contribution in [3.63, 3.8) is 0 Å². The molecule has 8 heteroatoms. The molecule has 1 saturated carbocycles. The molecular formula is C8H19IN4O2S. The monoisotopic (exact) mass is 362 g/mol. The summed E-state index contributed by atoms with van der Waals surface area (Å²) in [5, 5.41) is 3.02. The molecule has 0 aliphatic heterocycles. The summed E-state index contributed by atoms with van der Waals surface area (Å²) < 4.78 is 24.5. The van der Waals surface area contributed by atoms with E-state index in [1.807, 2.05) is 0 Å². The molecule has 1 aliphatic rings. The van der Waals surface area contributed by atoms with Crippen LogP contribution in [0.2, 0.25) is 0 Å². The van der Waals surface area contributed by atoms with E-state index in [0.717, 1.165) is 12.8 Å². The highest BCUT2D eigenvalue weighted by Gasteiger charge is 2.21. The highest BCUT2D eigenvalue weighted by atomic mass is 127. The van der Waals surface area contributed by atoms with Gasteiger partial charge in [0.15, 0.2) is 5.96 Å². The molecule has 0 aromatic heterocycles. The van der Waals surface area contributed by atoms with E-state index < -0.39 is 10.0 Å². The zero-order valence-corrected chi connectivity index (χ0v) is 12.4. The quantitative estimate of drug-likeness (QED) is 0.260. The summed E-state index contributed by atoms with van der Waals surface area (Å²) in [7, 11) is -3.11. The molecule has 0 aromatic rings. The van der Waals surface area contributed by atoms with Gasteiger partial charge in [-0.2, -0.15) is 0 Å². The molecular weight excluding hydrogens is 343 g/mol. The molecule has 4 N–H and O–H groups in total. The molecule has 1 fully saturated rings. The molecule has 0 spiro atoms. The first-order valence-electron chi connectivity index (χ1n) is 5.07. The number of sulfonamides is 1. The molecule has 6 nitrogen and oxygen atoms in total. The van der Waals surface area contributed by atoms with Crippen molar-refractivity contribution in [3.05, 3.63) is 0 Å². The zero-order chi connectivity index (χ0) is 11.3. The Morgan fingerprint density at radius 3 is 2.62 bits per heavy atom. The normalized spacial score (nSPS) is 16.7. The molecule has 0 bridgehead atoms. The van der Waals surface area contributed by atoms with Crippen molar-refractivity contribution in [1.82, 2.24) is 10.0 Å². The minimum Gasteiger partial charge on any atom is -0.370 e. The number of aliphatic imine (C=N–C) groups is 1. The van der Waals surface area contributed by atoms with Crippen molar-refractivity contribution in [1.29, 1.82) is 0 Å².